The Bertz CT molecular complexity index is 792. The molecule has 0 saturated heterocycles. The summed E-state index contributed by atoms with van der Waals surface area (Å²) in [5.41, 5.74) is -1.56. The smallest absolute Gasteiger partial charge is 0.337 e. The fraction of sp³-hybridized carbons (Fsp3) is 0.200. The summed E-state index contributed by atoms with van der Waals surface area (Å²) in [5.74, 6) is -5.91. The van der Waals surface area contributed by atoms with Gasteiger partial charge in [-0.2, -0.15) is 0 Å². The van der Waals surface area contributed by atoms with Crippen LogP contribution in [0.4, 0.5) is 0 Å². The van der Waals surface area contributed by atoms with Gasteiger partial charge in [0, 0.05) is 17.1 Å². The molecule has 6 N–H and O–H groups in total. The lowest BCUT2D eigenvalue weighted by Gasteiger charge is -2.18. The van der Waals surface area contributed by atoms with Gasteiger partial charge in [0.25, 0.3) is 0 Å². The highest BCUT2D eigenvalue weighted by atomic mass is 16.4. The van der Waals surface area contributed by atoms with E-state index in [1.54, 1.807) is 6.07 Å². The molecule has 1 aromatic heterocycles. The summed E-state index contributed by atoms with van der Waals surface area (Å²) in [6, 6.07) is 7.32. The summed E-state index contributed by atoms with van der Waals surface area (Å²) in [6.45, 7) is 0. The maximum absolute atomic E-state index is 10.7. The monoisotopic (exact) mass is 353 g/mol. The van der Waals surface area contributed by atoms with Crippen molar-refractivity contribution in [1.82, 2.24) is 4.98 Å². The summed E-state index contributed by atoms with van der Waals surface area (Å²) in [6.07, 6.45) is -0.781. The van der Waals surface area contributed by atoms with E-state index in [1.165, 1.54) is 6.20 Å². The Morgan fingerprint density at radius 3 is 1.88 bits per heavy atom. The number of hydrogen-bond donors (Lipinski definition) is 6. The highest BCUT2D eigenvalue weighted by Crippen LogP contribution is 2.17. The van der Waals surface area contributed by atoms with Gasteiger partial charge in [0.2, 0.25) is 0 Å². The van der Waals surface area contributed by atoms with Crippen LogP contribution in [0.2, 0.25) is 0 Å². The first-order valence-electron chi connectivity index (χ1n) is 6.75. The molecule has 0 saturated carbocycles. The maximum atomic E-state index is 10.7. The van der Waals surface area contributed by atoms with Gasteiger partial charge in [0.1, 0.15) is 0 Å². The predicted octanol–water partition coefficient (Wildman–Crippen LogP) is 0.618. The second kappa shape index (κ2) is 7.93. The van der Waals surface area contributed by atoms with E-state index in [9.17, 15) is 19.2 Å². The normalized spacial score (nSPS) is 10.6. The van der Waals surface area contributed by atoms with Crippen molar-refractivity contribution in [1.29, 1.82) is 0 Å². The van der Waals surface area contributed by atoms with Crippen LogP contribution in [-0.2, 0) is 14.4 Å². The van der Waals surface area contributed by atoms with Crippen LogP contribution in [-0.4, -0.2) is 60.0 Å². The fourth-order valence-electron chi connectivity index (χ4n) is 1.96. The van der Waals surface area contributed by atoms with Gasteiger partial charge in [0.05, 0.1) is 18.4 Å². The molecule has 2 aromatic rings. The Kier molecular flexibility index (Phi) is 6.23. The maximum Gasteiger partial charge on any atom is 0.337 e. The number of aliphatic hydroxyl groups is 1. The van der Waals surface area contributed by atoms with Crippen molar-refractivity contribution >= 4 is 34.8 Å². The summed E-state index contributed by atoms with van der Waals surface area (Å²) in [4.78, 5) is 44.0. The Balaban J connectivity index is 0.000000250. The number of carboxylic acids is 4. The van der Waals surface area contributed by atoms with E-state index >= 15 is 0 Å². The van der Waals surface area contributed by atoms with Gasteiger partial charge in [0.15, 0.2) is 5.60 Å². The van der Waals surface area contributed by atoms with Gasteiger partial charge < -0.3 is 30.5 Å². The molecular formula is C15H15NO9. The van der Waals surface area contributed by atoms with Crippen molar-refractivity contribution in [3.05, 3.63) is 36.0 Å². The molecule has 25 heavy (non-hydrogen) atoms. The molecule has 2 rings (SSSR count). The van der Waals surface area contributed by atoms with Gasteiger partial charge in [-0.1, -0.05) is 18.2 Å². The van der Waals surface area contributed by atoms with Crippen LogP contribution >= 0.6 is 0 Å². The molecule has 134 valence electrons. The predicted molar refractivity (Wildman–Crippen MR) is 82.3 cm³/mol. The minimum absolute atomic E-state index is 0.325. The lowest BCUT2D eigenvalue weighted by Crippen LogP contribution is -2.42. The highest BCUT2D eigenvalue weighted by Gasteiger charge is 2.40. The van der Waals surface area contributed by atoms with Crippen molar-refractivity contribution in [2.75, 3.05) is 0 Å². The van der Waals surface area contributed by atoms with E-state index in [0.29, 0.717) is 5.56 Å². The first-order chi connectivity index (χ1) is 11.6. The topological polar surface area (TPSA) is 185 Å². The summed E-state index contributed by atoms with van der Waals surface area (Å²) in [5, 5.41) is 43.3. The lowest BCUT2D eigenvalue weighted by atomic mass is 9.96. The number of carboxylic acid groups (broad SMARTS) is 4. The summed E-state index contributed by atoms with van der Waals surface area (Å²) < 4.78 is 0. The third-order valence-corrected chi connectivity index (χ3v) is 3.11. The molecule has 0 aliphatic rings. The Hall–Kier alpha value is -3.40. The molecule has 0 amide bonds. The van der Waals surface area contributed by atoms with Crippen LogP contribution in [0, 0.1) is 0 Å². The van der Waals surface area contributed by atoms with Crippen LogP contribution in [0.3, 0.4) is 0 Å². The van der Waals surface area contributed by atoms with Crippen molar-refractivity contribution in [2.45, 2.75) is 18.4 Å². The summed E-state index contributed by atoms with van der Waals surface area (Å²) >= 11 is 0. The van der Waals surface area contributed by atoms with Crippen LogP contribution in [0.1, 0.15) is 23.2 Å². The van der Waals surface area contributed by atoms with Gasteiger partial charge >= 0.3 is 23.9 Å². The van der Waals surface area contributed by atoms with E-state index < -0.39 is 42.3 Å². The summed E-state index contributed by atoms with van der Waals surface area (Å²) in [7, 11) is 0. The number of aromatic amines is 1. The van der Waals surface area contributed by atoms with Gasteiger partial charge in [-0.3, -0.25) is 9.59 Å². The second-order valence-electron chi connectivity index (χ2n) is 5.03. The third-order valence-electron chi connectivity index (χ3n) is 3.11. The molecule has 0 aliphatic heterocycles. The van der Waals surface area contributed by atoms with E-state index in [1.807, 2.05) is 18.2 Å². The zero-order valence-corrected chi connectivity index (χ0v) is 12.7. The Morgan fingerprint density at radius 1 is 0.920 bits per heavy atom. The molecule has 0 bridgehead atoms. The SMILES string of the molecule is O=C(O)CC(O)(CC(=O)O)C(=O)O.O=C(O)c1c[nH]c2ccccc12. The second-order valence-corrected chi connectivity index (χ2v) is 5.03. The van der Waals surface area contributed by atoms with Gasteiger partial charge in [-0.15, -0.1) is 0 Å². The molecule has 10 heteroatoms. The van der Waals surface area contributed by atoms with Crippen molar-refractivity contribution in [3.63, 3.8) is 0 Å². The number of aromatic nitrogens is 1. The number of benzene rings is 1. The van der Waals surface area contributed by atoms with E-state index in [4.69, 9.17) is 25.5 Å². The quantitative estimate of drug-likeness (QED) is 0.433. The number of aromatic carboxylic acids is 1. The van der Waals surface area contributed by atoms with Gasteiger partial charge in [-0.05, 0) is 6.07 Å². The van der Waals surface area contributed by atoms with Crippen molar-refractivity contribution < 1.29 is 44.7 Å². The number of para-hydroxylation sites is 1. The number of nitrogens with one attached hydrogen (secondary N) is 1. The highest BCUT2D eigenvalue weighted by molar-refractivity contribution is 6.03. The van der Waals surface area contributed by atoms with Crippen molar-refractivity contribution in [3.8, 4) is 0 Å². The number of hydrogen-bond acceptors (Lipinski definition) is 5. The molecule has 0 atom stereocenters. The number of rotatable bonds is 6. The van der Waals surface area contributed by atoms with E-state index in [-0.39, 0.29) is 0 Å². The van der Waals surface area contributed by atoms with Crippen molar-refractivity contribution in [2.24, 2.45) is 0 Å². The minimum Gasteiger partial charge on any atom is -0.481 e. The largest absolute Gasteiger partial charge is 0.481 e. The van der Waals surface area contributed by atoms with Crippen LogP contribution in [0.5, 0.6) is 0 Å². The molecule has 0 fully saturated rings. The van der Waals surface area contributed by atoms with Crippen LogP contribution in [0.25, 0.3) is 10.9 Å². The number of fused-ring (bicyclic) bond motifs is 1. The standard InChI is InChI=1S/C9H7NO2.C6H8O7/c11-9(12)7-5-10-8-4-2-1-3-6(7)8;7-3(8)1-6(13,5(11)12)2-4(9)10/h1-5,10H,(H,11,12);13H,1-2H2,(H,7,8)(H,9,10)(H,11,12). The fourth-order valence-corrected chi connectivity index (χ4v) is 1.96. The van der Waals surface area contributed by atoms with E-state index in [2.05, 4.69) is 4.98 Å². The average Bonchev–Trinajstić information content (AvgIpc) is 2.90. The van der Waals surface area contributed by atoms with Crippen LogP contribution < -0.4 is 0 Å². The average molecular weight is 353 g/mol. The molecular weight excluding hydrogens is 338 g/mol. The molecule has 0 aliphatic carbocycles. The molecule has 0 unspecified atom stereocenters. The first-order valence-corrected chi connectivity index (χ1v) is 6.75. The molecule has 1 heterocycles. The molecule has 1 aromatic carbocycles. The molecule has 10 nitrogen and oxygen atoms in total. The number of aliphatic carboxylic acids is 3. The number of H-pyrrole nitrogens is 1. The lowest BCUT2D eigenvalue weighted by molar-refractivity contribution is -0.170. The molecule has 0 radical (unpaired) electrons. The van der Waals surface area contributed by atoms with Gasteiger partial charge in [-0.25, -0.2) is 9.59 Å². The van der Waals surface area contributed by atoms with E-state index in [0.717, 1.165) is 10.9 Å². The molecule has 0 spiro atoms. The number of carbonyl (C=O) groups is 4. The Morgan fingerprint density at radius 2 is 1.44 bits per heavy atom. The third kappa shape index (κ3) is 5.32. The minimum atomic E-state index is -2.74. The zero-order chi connectivity index (χ0) is 19.2. The van der Waals surface area contributed by atoms with Crippen LogP contribution in [0.15, 0.2) is 30.5 Å². The first kappa shape index (κ1) is 19.6. The Labute approximate surface area is 139 Å². The zero-order valence-electron chi connectivity index (χ0n) is 12.7.